The number of fused-ring (bicyclic) bond motifs is 1. The molecular weight excluding hydrogens is 386 g/mol. The van der Waals surface area contributed by atoms with Crippen LogP contribution in [0, 0.1) is 0 Å². The molecule has 0 bridgehead atoms. The fourth-order valence-corrected chi connectivity index (χ4v) is 3.77. The summed E-state index contributed by atoms with van der Waals surface area (Å²) in [4.78, 5) is 14.1. The predicted molar refractivity (Wildman–Crippen MR) is 106 cm³/mol. The number of ether oxygens (including phenoxy) is 2. The highest BCUT2D eigenvalue weighted by molar-refractivity contribution is 7.22. The molecule has 1 aromatic carbocycles. The second-order valence-corrected chi connectivity index (χ2v) is 7.32. The average molecular weight is 402 g/mol. The normalized spacial score (nSPS) is 10.9. The molecule has 3 aromatic heterocycles. The maximum Gasteiger partial charge on any atom is 0.238 e. The van der Waals surface area contributed by atoms with Crippen LogP contribution in [0.1, 0.15) is 5.56 Å². The van der Waals surface area contributed by atoms with Gasteiger partial charge in [0.1, 0.15) is 17.0 Å². The molecule has 4 rings (SSSR count). The van der Waals surface area contributed by atoms with Gasteiger partial charge in [0.2, 0.25) is 5.95 Å². The standard InChI is InChI=1S/C18H16ClN5O2S/c1-25-13-4-3-11(7-14(13)26-2)9-21-16-12-8-15(19)27-17(12)23-18(22-16)24-6-5-20-10-24/h3-8,10H,9H2,1-2H3,(H,21,22,23). The van der Waals surface area contributed by atoms with Crippen molar-refractivity contribution < 1.29 is 9.47 Å². The maximum atomic E-state index is 6.20. The Morgan fingerprint density at radius 3 is 2.74 bits per heavy atom. The first kappa shape index (κ1) is 17.6. The van der Waals surface area contributed by atoms with Gasteiger partial charge in [0.25, 0.3) is 0 Å². The monoisotopic (exact) mass is 401 g/mol. The van der Waals surface area contributed by atoms with Crippen LogP contribution >= 0.6 is 22.9 Å². The van der Waals surface area contributed by atoms with Gasteiger partial charge in [0, 0.05) is 18.9 Å². The highest BCUT2D eigenvalue weighted by Crippen LogP contribution is 2.33. The van der Waals surface area contributed by atoms with E-state index in [1.807, 2.05) is 24.3 Å². The average Bonchev–Trinajstić information content (AvgIpc) is 3.34. The van der Waals surface area contributed by atoms with Crippen LogP contribution < -0.4 is 14.8 Å². The van der Waals surface area contributed by atoms with Crippen LogP contribution in [0.5, 0.6) is 11.5 Å². The number of hydrogen-bond donors (Lipinski definition) is 1. The van der Waals surface area contributed by atoms with Gasteiger partial charge in [-0.1, -0.05) is 17.7 Å². The first-order valence-electron chi connectivity index (χ1n) is 8.08. The van der Waals surface area contributed by atoms with E-state index in [0.717, 1.165) is 15.8 Å². The fraction of sp³-hybridized carbons (Fsp3) is 0.167. The lowest BCUT2D eigenvalue weighted by atomic mass is 10.2. The molecule has 0 fully saturated rings. The van der Waals surface area contributed by atoms with Crippen molar-refractivity contribution in [3.63, 3.8) is 0 Å². The molecule has 3 heterocycles. The van der Waals surface area contributed by atoms with E-state index in [9.17, 15) is 0 Å². The minimum Gasteiger partial charge on any atom is -0.493 e. The van der Waals surface area contributed by atoms with E-state index < -0.39 is 0 Å². The highest BCUT2D eigenvalue weighted by Gasteiger charge is 2.13. The van der Waals surface area contributed by atoms with E-state index in [1.54, 1.807) is 37.5 Å². The third-order valence-electron chi connectivity index (χ3n) is 3.99. The van der Waals surface area contributed by atoms with Gasteiger partial charge in [-0.15, -0.1) is 11.3 Å². The summed E-state index contributed by atoms with van der Waals surface area (Å²) in [6, 6.07) is 7.66. The van der Waals surface area contributed by atoms with Gasteiger partial charge >= 0.3 is 0 Å². The van der Waals surface area contributed by atoms with Gasteiger partial charge in [0.15, 0.2) is 11.5 Å². The van der Waals surface area contributed by atoms with Crippen LogP contribution in [0.4, 0.5) is 5.82 Å². The SMILES string of the molecule is COc1ccc(CNc2nc(-n3ccnc3)nc3sc(Cl)cc23)cc1OC. The summed E-state index contributed by atoms with van der Waals surface area (Å²) in [5.41, 5.74) is 1.03. The van der Waals surface area contributed by atoms with Gasteiger partial charge in [-0.3, -0.25) is 4.57 Å². The Morgan fingerprint density at radius 2 is 2.00 bits per heavy atom. The number of nitrogens with one attached hydrogen (secondary N) is 1. The van der Waals surface area contributed by atoms with Crippen molar-refractivity contribution in [1.82, 2.24) is 19.5 Å². The quantitative estimate of drug-likeness (QED) is 0.523. The van der Waals surface area contributed by atoms with Gasteiger partial charge in [-0.05, 0) is 23.8 Å². The van der Waals surface area contributed by atoms with E-state index in [4.69, 9.17) is 21.1 Å². The van der Waals surface area contributed by atoms with Crippen LogP contribution in [0.25, 0.3) is 16.2 Å². The molecule has 0 radical (unpaired) electrons. The molecule has 0 aliphatic rings. The van der Waals surface area contributed by atoms with Gasteiger partial charge in [-0.2, -0.15) is 4.98 Å². The van der Waals surface area contributed by atoms with E-state index in [1.165, 1.54) is 11.3 Å². The fourth-order valence-electron chi connectivity index (χ4n) is 2.68. The van der Waals surface area contributed by atoms with E-state index in [2.05, 4.69) is 20.3 Å². The summed E-state index contributed by atoms with van der Waals surface area (Å²) in [6.07, 6.45) is 5.15. The summed E-state index contributed by atoms with van der Waals surface area (Å²) in [5.74, 6) is 2.62. The molecule has 0 aliphatic heterocycles. The molecular formula is C18H16ClN5O2S. The number of anilines is 1. The third kappa shape index (κ3) is 3.54. The molecule has 0 atom stereocenters. The zero-order chi connectivity index (χ0) is 18.8. The van der Waals surface area contributed by atoms with Gasteiger partial charge in [0.05, 0.1) is 23.9 Å². The number of hydrogen-bond acceptors (Lipinski definition) is 7. The maximum absolute atomic E-state index is 6.20. The second-order valence-electron chi connectivity index (χ2n) is 5.65. The molecule has 0 unspecified atom stereocenters. The number of halogens is 1. The number of thiophene rings is 1. The topological polar surface area (TPSA) is 74.1 Å². The minimum absolute atomic E-state index is 0.535. The smallest absolute Gasteiger partial charge is 0.238 e. The molecule has 0 saturated heterocycles. The summed E-state index contributed by atoms with van der Waals surface area (Å²) < 4.78 is 13.1. The van der Waals surface area contributed by atoms with E-state index in [-0.39, 0.29) is 0 Å². The molecule has 7 nitrogen and oxygen atoms in total. The number of rotatable bonds is 6. The number of imidazole rings is 1. The van der Waals surface area contributed by atoms with Crippen molar-refractivity contribution in [2.45, 2.75) is 6.54 Å². The van der Waals surface area contributed by atoms with Crippen LogP contribution in [-0.4, -0.2) is 33.7 Å². The van der Waals surface area contributed by atoms with Crippen molar-refractivity contribution in [2.75, 3.05) is 19.5 Å². The Labute approximate surface area is 164 Å². The van der Waals surface area contributed by atoms with E-state index >= 15 is 0 Å². The lowest BCUT2D eigenvalue weighted by Crippen LogP contribution is -2.06. The molecule has 138 valence electrons. The Bertz CT molecular complexity index is 1080. The second kappa shape index (κ2) is 7.42. The summed E-state index contributed by atoms with van der Waals surface area (Å²) in [7, 11) is 3.24. The molecule has 0 aliphatic carbocycles. The van der Waals surface area contributed by atoms with Crippen LogP contribution in [0.3, 0.4) is 0 Å². The first-order chi connectivity index (χ1) is 13.2. The van der Waals surface area contributed by atoms with Gasteiger partial charge < -0.3 is 14.8 Å². The molecule has 0 amide bonds. The lowest BCUT2D eigenvalue weighted by molar-refractivity contribution is 0.354. The zero-order valence-corrected chi connectivity index (χ0v) is 16.2. The van der Waals surface area contributed by atoms with Crippen molar-refractivity contribution in [3.8, 4) is 17.4 Å². The summed E-state index contributed by atoms with van der Waals surface area (Å²) in [6.45, 7) is 0.559. The molecule has 4 aromatic rings. The van der Waals surface area contributed by atoms with Crippen molar-refractivity contribution in [3.05, 3.63) is 52.9 Å². The van der Waals surface area contributed by atoms with Crippen molar-refractivity contribution in [1.29, 1.82) is 0 Å². The highest BCUT2D eigenvalue weighted by atomic mass is 35.5. The predicted octanol–water partition coefficient (Wildman–Crippen LogP) is 4.16. The third-order valence-corrected chi connectivity index (χ3v) is 5.15. The molecule has 0 spiro atoms. The summed E-state index contributed by atoms with van der Waals surface area (Å²) in [5, 5.41) is 4.26. The largest absolute Gasteiger partial charge is 0.493 e. The Balaban J connectivity index is 1.67. The molecule has 0 saturated carbocycles. The number of methoxy groups -OCH3 is 2. The number of aromatic nitrogens is 4. The van der Waals surface area contributed by atoms with Crippen LogP contribution in [-0.2, 0) is 6.54 Å². The first-order valence-corrected chi connectivity index (χ1v) is 9.27. The Kier molecular flexibility index (Phi) is 4.83. The van der Waals surface area contributed by atoms with Crippen LogP contribution in [0.2, 0.25) is 4.34 Å². The summed E-state index contributed by atoms with van der Waals surface area (Å²) >= 11 is 7.61. The van der Waals surface area contributed by atoms with E-state index in [0.29, 0.717) is 34.1 Å². The lowest BCUT2D eigenvalue weighted by Gasteiger charge is -2.12. The molecule has 1 N–H and O–H groups in total. The molecule has 9 heteroatoms. The number of nitrogens with zero attached hydrogens (tertiary/aromatic N) is 4. The van der Waals surface area contributed by atoms with Crippen molar-refractivity contribution >= 4 is 39.0 Å². The van der Waals surface area contributed by atoms with Gasteiger partial charge in [-0.25, -0.2) is 9.97 Å². The zero-order valence-electron chi connectivity index (χ0n) is 14.6. The molecule has 27 heavy (non-hydrogen) atoms. The Hall–Kier alpha value is -2.84. The van der Waals surface area contributed by atoms with Crippen LogP contribution in [0.15, 0.2) is 43.0 Å². The number of benzene rings is 1. The minimum atomic E-state index is 0.535. The Morgan fingerprint density at radius 1 is 1.15 bits per heavy atom. The van der Waals surface area contributed by atoms with Crippen molar-refractivity contribution in [2.24, 2.45) is 0 Å².